The predicted molar refractivity (Wildman–Crippen MR) is 144 cm³/mol. The van der Waals surface area contributed by atoms with Gasteiger partial charge in [-0.25, -0.2) is 16.2 Å². The summed E-state index contributed by atoms with van der Waals surface area (Å²) in [5, 5.41) is 4.25. The number of rotatable bonds is 11. The summed E-state index contributed by atoms with van der Waals surface area (Å²) >= 11 is 0. The molecule has 2 fully saturated rings. The first-order chi connectivity index (χ1) is 18.5. The molecule has 5 atom stereocenters. The average Bonchev–Trinajstić information content (AvgIpc) is 3.33. The highest BCUT2D eigenvalue weighted by Crippen LogP contribution is 2.55. The lowest BCUT2D eigenvalue weighted by molar-refractivity contribution is -0.248. The number of ether oxygens (including phenoxy) is 1. The van der Waals surface area contributed by atoms with Crippen molar-refractivity contribution in [2.24, 2.45) is 0 Å². The summed E-state index contributed by atoms with van der Waals surface area (Å²) in [6.45, 7) is 19.8. The monoisotopic (exact) mass is 564 g/mol. The second-order valence-corrected chi connectivity index (χ2v) is 11.7. The largest absolute Gasteiger partial charge is 0.344 e. The number of imidazole rings is 1. The number of carbonyl (C=O) groups is 1. The van der Waals surface area contributed by atoms with Gasteiger partial charge in [0.1, 0.15) is 18.3 Å². The van der Waals surface area contributed by atoms with Crippen molar-refractivity contribution in [3.63, 3.8) is 0 Å². The number of likely N-dealkylation sites (N-methyl/N-ethyl adjacent to an activating group) is 1. The van der Waals surface area contributed by atoms with E-state index in [0.29, 0.717) is 13.0 Å². The molecule has 15 heteroatoms. The van der Waals surface area contributed by atoms with Crippen molar-refractivity contribution in [3.05, 3.63) is 28.1 Å². The molecule has 4 rings (SSSR count). The molecule has 0 radical (unpaired) electrons. The molecule has 2 unspecified atom stereocenters. The van der Waals surface area contributed by atoms with Crippen LogP contribution in [-0.4, -0.2) is 91.8 Å². The van der Waals surface area contributed by atoms with E-state index in [1.165, 1.54) is 13.3 Å². The molecule has 4 heterocycles. The Bertz CT molecular complexity index is 1270. The molecular weight excluding hydrogens is 527 g/mol. The van der Waals surface area contributed by atoms with Crippen LogP contribution in [0.25, 0.3) is 16.0 Å². The molecule has 0 aromatic carbocycles. The smallest absolute Gasteiger partial charge is 0.280 e. The zero-order valence-corrected chi connectivity index (χ0v) is 24.3. The van der Waals surface area contributed by atoms with E-state index in [-0.39, 0.29) is 48.3 Å². The summed E-state index contributed by atoms with van der Waals surface area (Å²) in [7, 11) is 0.275. The minimum Gasteiger partial charge on any atom is -0.344 e. The number of hydroxylamine groups is 2. The molecule has 2 aliphatic heterocycles. The number of nitrogens with zero attached hydrogens (tertiary/aromatic N) is 6. The summed E-state index contributed by atoms with van der Waals surface area (Å²) in [5.41, 5.74) is -0.885. The first-order valence-corrected chi connectivity index (χ1v) is 14.2. The van der Waals surface area contributed by atoms with Crippen LogP contribution in [0.4, 0.5) is 5.95 Å². The number of hydrogen-bond donors (Lipinski definition) is 2. The molecular formula is C24H37N8O6P. The summed E-state index contributed by atoms with van der Waals surface area (Å²) < 4.78 is 23.5. The van der Waals surface area contributed by atoms with Crippen molar-refractivity contribution in [1.29, 1.82) is 0 Å². The van der Waals surface area contributed by atoms with E-state index in [2.05, 4.69) is 57.5 Å². The van der Waals surface area contributed by atoms with Gasteiger partial charge in [-0.3, -0.25) is 29.3 Å². The minimum atomic E-state index is -1.57. The first kappa shape index (κ1) is 29.5. The van der Waals surface area contributed by atoms with Gasteiger partial charge in [0, 0.05) is 26.1 Å². The topological polar surface area (TPSA) is 140 Å². The second-order valence-electron chi connectivity index (χ2n) is 10.2. The molecule has 2 N–H and O–H groups in total. The highest BCUT2D eigenvalue weighted by Gasteiger charge is 2.62. The van der Waals surface area contributed by atoms with Crippen LogP contribution in [-0.2, 0) is 23.4 Å². The second kappa shape index (κ2) is 11.9. The highest BCUT2D eigenvalue weighted by molar-refractivity contribution is 7.44. The van der Waals surface area contributed by atoms with Crippen molar-refractivity contribution in [2.45, 2.75) is 84.1 Å². The van der Waals surface area contributed by atoms with Crippen LogP contribution in [0.5, 0.6) is 0 Å². The standard InChI is InChI=1S/C24H37N8O6P/c1-9-24-12-30(8)37-18(19(24)38-39(35-11-10-25-7)32(14(2)3)15(4)5)22(36-24)31-13-26-17-20(31)28-23(27-16(6)33)29-21(17)34/h13-15,18-19,22H,9-12H2,1-6,8H3,(H2,27,28,29,33,34)/t18?,19-,22-,24+,39?/m1/s1. The van der Waals surface area contributed by atoms with Gasteiger partial charge in [0.25, 0.3) is 14.1 Å². The molecule has 2 aliphatic rings. The molecule has 0 saturated carbocycles. The molecule has 2 aromatic rings. The van der Waals surface area contributed by atoms with Gasteiger partial charge in [-0.15, -0.1) is 0 Å². The van der Waals surface area contributed by atoms with Crippen molar-refractivity contribution in [1.82, 2.24) is 29.3 Å². The lowest BCUT2D eigenvalue weighted by Crippen LogP contribution is -2.57. The van der Waals surface area contributed by atoms with Gasteiger partial charge in [-0.1, -0.05) is 6.92 Å². The Morgan fingerprint density at radius 3 is 2.74 bits per heavy atom. The number of aromatic amines is 1. The van der Waals surface area contributed by atoms with Crippen LogP contribution in [0.1, 0.15) is 54.2 Å². The Morgan fingerprint density at radius 2 is 2.13 bits per heavy atom. The summed E-state index contributed by atoms with van der Waals surface area (Å²) in [6.07, 6.45) is 0.226. The van der Waals surface area contributed by atoms with Gasteiger partial charge in [-0.2, -0.15) is 10.0 Å². The Labute approximate surface area is 228 Å². The van der Waals surface area contributed by atoms with Gasteiger partial charge in [0.15, 0.2) is 23.5 Å². The van der Waals surface area contributed by atoms with E-state index in [4.69, 9.17) is 25.2 Å². The first-order valence-electron chi connectivity index (χ1n) is 13.0. The highest BCUT2D eigenvalue weighted by atomic mass is 31.2. The fourth-order valence-corrected chi connectivity index (χ4v) is 6.97. The number of H-pyrrole nitrogens is 1. The zero-order valence-electron chi connectivity index (χ0n) is 23.4. The number of fused-ring (bicyclic) bond motifs is 3. The normalized spacial score (nSPS) is 26.0. The van der Waals surface area contributed by atoms with E-state index in [1.54, 1.807) is 9.63 Å². The molecule has 2 bridgehead atoms. The van der Waals surface area contributed by atoms with Crippen LogP contribution in [0.2, 0.25) is 0 Å². The molecule has 0 spiro atoms. The lowest BCUT2D eigenvalue weighted by atomic mass is 9.91. The third-order valence-corrected chi connectivity index (χ3v) is 8.81. The minimum absolute atomic E-state index is 0.0139. The number of anilines is 1. The molecule has 2 aromatic heterocycles. The number of nitrogens with one attached hydrogen (secondary N) is 2. The van der Waals surface area contributed by atoms with E-state index in [1.807, 2.05) is 14.0 Å². The summed E-state index contributed by atoms with van der Waals surface area (Å²) in [5.74, 6) is -0.355. The zero-order chi connectivity index (χ0) is 28.5. The van der Waals surface area contributed by atoms with E-state index in [9.17, 15) is 9.59 Å². The Hall–Kier alpha value is -2.50. The van der Waals surface area contributed by atoms with Gasteiger partial charge >= 0.3 is 0 Å². The number of hydrogen-bond acceptors (Lipinski definition) is 10. The third kappa shape index (κ3) is 5.85. The van der Waals surface area contributed by atoms with Crippen LogP contribution in [0, 0.1) is 6.57 Å². The van der Waals surface area contributed by atoms with Crippen LogP contribution < -0.4 is 10.9 Å². The van der Waals surface area contributed by atoms with Crippen molar-refractivity contribution < 1.29 is 23.4 Å². The molecule has 14 nitrogen and oxygen atoms in total. The third-order valence-electron chi connectivity index (χ3n) is 6.70. The maximum Gasteiger partial charge on any atom is 0.280 e. The molecule has 1 amide bonds. The SMILES string of the molecule is [C-]#[N+]CCOP(O[C@@H]1C2ON(C)C[C@]1(CC)O[C@H]2n1cnc2c(=O)[nH]c(NC(C)=O)nc21)N(C(C)C)C(C)C. The quantitative estimate of drug-likeness (QED) is 0.238. The summed E-state index contributed by atoms with van der Waals surface area (Å²) in [4.78, 5) is 45.2. The van der Waals surface area contributed by atoms with Crippen LogP contribution in [0.3, 0.4) is 0 Å². The predicted octanol–water partition coefficient (Wildman–Crippen LogP) is 2.67. The van der Waals surface area contributed by atoms with Gasteiger partial charge in [0.2, 0.25) is 18.4 Å². The fourth-order valence-electron chi connectivity index (χ4n) is 5.17. The van der Waals surface area contributed by atoms with E-state index >= 15 is 0 Å². The van der Waals surface area contributed by atoms with Crippen molar-refractivity contribution in [2.75, 3.05) is 32.1 Å². The average molecular weight is 565 g/mol. The van der Waals surface area contributed by atoms with Crippen molar-refractivity contribution >= 4 is 31.5 Å². The molecule has 0 aliphatic carbocycles. The lowest BCUT2D eigenvalue weighted by Gasteiger charge is -2.44. The Kier molecular flexibility index (Phi) is 9.02. The van der Waals surface area contributed by atoms with Crippen LogP contribution >= 0.6 is 8.53 Å². The fraction of sp³-hybridized carbons (Fsp3) is 0.708. The maximum absolute atomic E-state index is 12.7. The van der Waals surface area contributed by atoms with Crippen LogP contribution in [0.15, 0.2) is 11.1 Å². The van der Waals surface area contributed by atoms with Crippen molar-refractivity contribution in [3.8, 4) is 0 Å². The van der Waals surface area contributed by atoms with E-state index in [0.717, 1.165) is 0 Å². The number of aromatic nitrogens is 4. The Morgan fingerprint density at radius 1 is 1.41 bits per heavy atom. The Balaban J connectivity index is 1.74. The number of carbonyl (C=O) groups excluding carboxylic acids is 1. The number of amides is 1. The molecule has 2 saturated heterocycles. The molecule has 214 valence electrons. The van der Waals surface area contributed by atoms with Gasteiger partial charge in [-0.05, 0) is 34.1 Å². The van der Waals surface area contributed by atoms with E-state index < -0.39 is 38.1 Å². The maximum atomic E-state index is 12.7. The van der Waals surface area contributed by atoms with Gasteiger partial charge in [0.05, 0.1) is 12.9 Å². The summed E-state index contributed by atoms with van der Waals surface area (Å²) in [6, 6.07) is 0.257. The molecule has 39 heavy (non-hydrogen) atoms. The van der Waals surface area contributed by atoms with Gasteiger partial charge < -0.3 is 18.6 Å².